The van der Waals surface area contributed by atoms with E-state index in [4.69, 9.17) is 18.0 Å². The zero-order valence-electron chi connectivity index (χ0n) is 8.07. The van der Waals surface area contributed by atoms with Gasteiger partial charge in [0.2, 0.25) is 0 Å². The molecule has 0 aromatic carbocycles. The largest absolute Gasteiger partial charge is 0.386 e. The summed E-state index contributed by atoms with van der Waals surface area (Å²) in [5, 5.41) is 12.1. The number of hydrogen-bond donors (Lipinski definition) is 1. The Kier molecular flexibility index (Phi) is 2.70. The van der Waals surface area contributed by atoms with Gasteiger partial charge in [0.15, 0.2) is 10.1 Å². The van der Waals surface area contributed by atoms with E-state index >= 15 is 0 Å². The fourth-order valence-electron chi connectivity index (χ4n) is 1.49. The minimum absolute atomic E-state index is 0.239. The predicted octanol–water partition coefficient (Wildman–Crippen LogP) is 2.41. The first-order valence-corrected chi connectivity index (χ1v) is 5.64. The van der Waals surface area contributed by atoms with Crippen LogP contribution in [0.5, 0.6) is 0 Å². The summed E-state index contributed by atoms with van der Waals surface area (Å²) in [5.41, 5.74) is 1.59. The summed E-state index contributed by atoms with van der Waals surface area (Å²) >= 11 is 7.45. The van der Waals surface area contributed by atoms with Crippen LogP contribution >= 0.6 is 22.9 Å². The van der Waals surface area contributed by atoms with Gasteiger partial charge < -0.3 is 5.11 Å². The van der Waals surface area contributed by atoms with Gasteiger partial charge in [-0.3, -0.25) is 4.40 Å². The lowest BCUT2D eigenvalue weighted by Gasteiger charge is -2.07. The number of hydrogen-bond acceptors (Lipinski definition) is 3. The van der Waals surface area contributed by atoms with Crippen molar-refractivity contribution in [2.24, 2.45) is 0 Å². The van der Waals surface area contributed by atoms with Crippen molar-refractivity contribution in [2.75, 3.05) is 0 Å². The second-order valence-electron chi connectivity index (χ2n) is 3.21. The van der Waals surface area contributed by atoms with Gasteiger partial charge in [-0.25, -0.2) is 4.98 Å². The number of terminal acetylenes is 1. The number of rotatable bonds is 2. The Morgan fingerprint density at radius 1 is 1.80 bits per heavy atom. The molecule has 0 aliphatic carbocycles. The van der Waals surface area contributed by atoms with Crippen LogP contribution < -0.4 is 0 Å². The highest BCUT2D eigenvalue weighted by atomic mass is 35.5. The molecule has 15 heavy (non-hydrogen) atoms. The zero-order valence-corrected chi connectivity index (χ0v) is 9.64. The third kappa shape index (κ3) is 1.63. The molecule has 3 nitrogen and oxygen atoms in total. The summed E-state index contributed by atoms with van der Waals surface area (Å²) in [6, 6.07) is 0. The molecule has 0 bridgehead atoms. The molecule has 1 N–H and O–H groups in total. The molecule has 1 atom stereocenters. The van der Waals surface area contributed by atoms with Crippen LogP contribution in [0, 0.1) is 19.3 Å². The average Bonchev–Trinajstić information content (AvgIpc) is 2.67. The molecule has 0 fully saturated rings. The van der Waals surface area contributed by atoms with E-state index in [9.17, 15) is 5.11 Å². The van der Waals surface area contributed by atoms with Crippen LogP contribution in [0.2, 0.25) is 5.15 Å². The maximum atomic E-state index is 9.85. The molecule has 0 saturated carbocycles. The number of fused-ring (bicyclic) bond motifs is 1. The molecule has 0 saturated heterocycles. The van der Waals surface area contributed by atoms with Gasteiger partial charge in [0, 0.05) is 17.5 Å². The Morgan fingerprint density at radius 3 is 3.20 bits per heavy atom. The topological polar surface area (TPSA) is 37.5 Å². The van der Waals surface area contributed by atoms with E-state index in [-0.39, 0.29) is 6.42 Å². The van der Waals surface area contributed by atoms with Crippen LogP contribution in [0.3, 0.4) is 0 Å². The maximum Gasteiger partial charge on any atom is 0.195 e. The lowest BCUT2D eigenvalue weighted by atomic mass is 10.2. The van der Waals surface area contributed by atoms with Crippen molar-refractivity contribution in [3.8, 4) is 12.3 Å². The van der Waals surface area contributed by atoms with Crippen LogP contribution in [-0.2, 0) is 0 Å². The molecule has 1 unspecified atom stereocenters. The van der Waals surface area contributed by atoms with Crippen molar-refractivity contribution in [2.45, 2.75) is 19.4 Å². The Morgan fingerprint density at radius 2 is 2.53 bits per heavy atom. The van der Waals surface area contributed by atoms with E-state index in [1.54, 1.807) is 0 Å². The van der Waals surface area contributed by atoms with Crippen LogP contribution in [0.25, 0.3) is 4.96 Å². The maximum absolute atomic E-state index is 9.85. The molecule has 2 rings (SSSR count). The number of imidazole rings is 1. The molecule has 0 amide bonds. The van der Waals surface area contributed by atoms with Crippen LogP contribution in [0.15, 0.2) is 5.38 Å². The molecule has 2 aromatic rings. The van der Waals surface area contributed by atoms with Crippen molar-refractivity contribution < 1.29 is 5.11 Å². The highest BCUT2D eigenvalue weighted by Crippen LogP contribution is 2.29. The molecule has 0 aliphatic rings. The Bertz CT molecular complexity index is 537. The second kappa shape index (κ2) is 3.86. The van der Waals surface area contributed by atoms with Gasteiger partial charge in [0.1, 0.15) is 6.10 Å². The van der Waals surface area contributed by atoms with Crippen molar-refractivity contribution >= 4 is 27.9 Å². The van der Waals surface area contributed by atoms with E-state index in [2.05, 4.69) is 10.9 Å². The first-order chi connectivity index (χ1) is 7.15. The number of thiazole rings is 1. The summed E-state index contributed by atoms with van der Waals surface area (Å²) in [4.78, 5) is 4.94. The predicted molar refractivity (Wildman–Crippen MR) is 61.2 cm³/mol. The van der Waals surface area contributed by atoms with Crippen molar-refractivity contribution in [1.82, 2.24) is 9.38 Å². The van der Waals surface area contributed by atoms with E-state index < -0.39 is 6.10 Å². The third-order valence-electron chi connectivity index (χ3n) is 2.15. The molecule has 5 heteroatoms. The SMILES string of the molecule is C#CCC(O)c1c(Cl)nc2scc(C)n12. The average molecular weight is 241 g/mol. The van der Waals surface area contributed by atoms with Gasteiger partial charge in [-0.2, -0.15) is 0 Å². The van der Waals surface area contributed by atoms with Gasteiger partial charge in [-0.05, 0) is 6.92 Å². The molecule has 0 aliphatic heterocycles. The monoisotopic (exact) mass is 240 g/mol. The first kappa shape index (κ1) is 10.5. The van der Waals surface area contributed by atoms with Crippen molar-refractivity contribution in [1.29, 1.82) is 0 Å². The standard InChI is InChI=1S/C10H9ClN2OS/c1-3-4-7(14)8-9(11)12-10-13(8)6(2)5-15-10/h1,5,7,14H,4H2,2H3. The number of aromatic nitrogens is 2. The second-order valence-corrected chi connectivity index (χ2v) is 4.40. The fraction of sp³-hybridized carbons (Fsp3) is 0.300. The molecule has 2 aromatic heterocycles. The molecular weight excluding hydrogens is 232 g/mol. The quantitative estimate of drug-likeness (QED) is 0.819. The Labute approximate surface area is 96.3 Å². The van der Waals surface area contributed by atoms with Crippen LogP contribution in [0.4, 0.5) is 0 Å². The summed E-state index contributed by atoms with van der Waals surface area (Å²) in [7, 11) is 0. The van der Waals surface area contributed by atoms with E-state index in [0.717, 1.165) is 10.7 Å². The zero-order chi connectivity index (χ0) is 11.0. The molecule has 78 valence electrons. The van der Waals surface area contributed by atoms with Crippen LogP contribution in [0.1, 0.15) is 23.9 Å². The van der Waals surface area contributed by atoms with Gasteiger partial charge in [-0.15, -0.1) is 23.7 Å². The van der Waals surface area contributed by atoms with Crippen molar-refractivity contribution in [3.63, 3.8) is 0 Å². The van der Waals surface area contributed by atoms with Crippen LogP contribution in [-0.4, -0.2) is 14.5 Å². The molecule has 0 spiro atoms. The minimum atomic E-state index is -0.759. The van der Waals surface area contributed by atoms with E-state index in [0.29, 0.717) is 10.8 Å². The highest BCUT2D eigenvalue weighted by Gasteiger charge is 2.19. The molecule has 0 radical (unpaired) electrons. The molecule has 2 heterocycles. The van der Waals surface area contributed by atoms with E-state index in [1.807, 2.05) is 16.7 Å². The lowest BCUT2D eigenvalue weighted by Crippen LogP contribution is -2.02. The smallest absolute Gasteiger partial charge is 0.195 e. The highest BCUT2D eigenvalue weighted by molar-refractivity contribution is 7.15. The van der Waals surface area contributed by atoms with Gasteiger partial charge in [0.25, 0.3) is 0 Å². The number of aliphatic hydroxyl groups is 1. The first-order valence-electron chi connectivity index (χ1n) is 4.38. The number of aryl methyl sites for hydroxylation is 1. The Hall–Kier alpha value is -1.02. The summed E-state index contributed by atoms with van der Waals surface area (Å²) in [6.07, 6.45) is 4.64. The lowest BCUT2D eigenvalue weighted by molar-refractivity contribution is 0.178. The normalized spacial score (nSPS) is 12.9. The van der Waals surface area contributed by atoms with Gasteiger partial charge in [-0.1, -0.05) is 11.6 Å². The minimum Gasteiger partial charge on any atom is -0.386 e. The number of halogens is 1. The van der Waals surface area contributed by atoms with Gasteiger partial charge in [0.05, 0.1) is 5.69 Å². The van der Waals surface area contributed by atoms with Gasteiger partial charge >= 0.3 is 0 Å². The number of nitrogens with zero attached hydrogens (tertiary/aromatic N) is 2. The molecular formula is C10H9ClN2OS. The third-order valence-corrected chi connectivity index (χ3v) is 3.37. The summed E-state index contributed by atoms with van der Waals surface area (Å²) in [6.45, 7) is 1.94. The number of aliphatic hydroxyl groups excluding tert-OH is 1. The summed E-state index contributed by atoms with van der Waals surface area (Å²) < 4.78 is 1.84. The van der Waals surface area contributed by atoms with E-state index in [1.165, 1.54) is 11.3 Å². The summed E-state index contributed by atoms with van der Waals surface area (Å²) in [5.74, 6) is 2.41. The fourth-order valence-corrected chi connectivity index (χ4v) is 2.71. The van der Waals surface area contributed by atoms with Crippen molar-refractivity contribution in [3.05, 3.63) is 21.9 Å². The Balaban J connectivity index is 2.62.